The van der Waals surface area contributed by atoms with Crippen LogP contribution in [0.3, 0.4) is 0 Å². The first-order valence-corrected chi connectivity index (χ1v) is 6.88. The van der Waals surface area contributed by atoms with E-state index < -0.39 is 0 Å². The fraction of sp³-hybridized carbons (Fsp3) is 0.667. The molecule has 0 unspecified atom stereocenters. The van der Waals surface area contributed by atoms with Gasteiger partial charge in [0, 0.05) is 32.4 Å². The Kier molecular flexibility index (Phi) is 6.13. The number of hydrogen-bond acceptors (Lipinski definition) is 3. The van der Waals surface area contributed by atoms with Crippen LogP contribution < -0.4 is 10.2 Å². The van der Waals surface area contributed by atoms with Crippen LogP contribution in [0.1, 0.15) is 39.7 Å². The van der Waals surface area contributed by atoms with Gasteiger partial charge in [-0.3, -0.25) is 4.98 Å². The second-order valence-electron chi connectivity index (χ2n) is 5.64. The van der Waals surface area contributed by atoms with E-state index in [1.165, 1.54) is 17.7 Å². The molecule has 0 aliphatic carbocycles. The maximum absolute atomic E-state index is 4.25. The Labute approximate surface area is 112 Å². The molecule has 0 fully saturated rings. The molecule has 1 N–H and O–H groups in total. The van der Waals surface area contributed by atoms with Gasteiger partial charge in [-0.25, -0.2) is 0 Å². The number of nitrogens with one attached hydrogen (secondary N) is 1. The summed E-state index contributed by atoms with van der Waals surface area (Å²) in [6.07, 6.45) is 5.05. The normalized spacial score (nSPS) is 11.3. The number of anilines is 1. The first-order chi connectivity index (χ1) is 8.50. The van der Waals surface area contributed by atoms with Crippen LogP contribution in [0.15, 0.2) is 18.5 Å². The Morgan fingerprint density at radius 1 is 1.28 bits per heavy atom. The third-order valence-electron chi connectivity index (χ3n) is 3.04. The summed E-state index contributed by atoms with van der Waals surface area (Å²) >= 11 is 0. The molecule has 0 bridgehead atoms. The van der Waals surface area contributed by atoms with Gasteiger partial charge in [0.2, 0.25) is 0 Å². The van der Waals surface area contributed by atoms with Gasteiger partial charge in [0.15, 0.2) is 0 Å². The Hall–Kier alpha value is -1.09. The van der Waals surface area contributed by atoms with Gasteiger partial charge in [0.1, 0.15) is 0 Å². The quantitative estimate of drug-likeness (QED) is 0.805. The van der Waals surface area contributed by atoms with Crippen molar-refractivity contribution in [3.63, 3.8) is 0 Å². The number of hydrogen-bond donors (Lipinski definition) is 1. The topological polar surface area (TPSA) is 28.2 Å². The molecule has 0 saturated carbocycles. The second kappa shape index (κ2) is 7.37. The highest BCUT2D eigenvalue weighted by molar-refractivity contribution is 5.50. The fourth-order valence-corrected chi connectivity index (χ4v) is 1.79. The van der Waals surface area contributed by atoms with Crippen LogP contribution in [0.4, 0.5) is 5.69 Å². The van der Waals surface area contributed by atoms with Crippen molar-refractivity contribution in [3.05, 3.63) is 24.0 Å². The van der Waals surface area contributed by atoms with Crippen LogP contribution in [0.25, 0.3) is 0 Å². The molecule has 1 rings (SSSR count). The maximum Gasteiger partial charge on any atom is 0.0595 e. The summed E-state index contributed by atoms with van der Waals surface area (Å²) in [5.41, 5.74) is 2.57. The Balaban J connectivity index is 2.68. The zero-order valence-corrected chi connectivity index (χ0v) is 12.4. The van der Waals surface area contributed by atoms with Gasteiger partial charge in [-0.05, 0) is 24.0 Å². The van der Waals surface area contributed by atoms with Gasteiger partial charge in [-0.1, -0.05) is 27.7 Å². The van der Waals surface area contributed by atoms with Crippen molar-refractivity contribution in [2.75, 3.05) is 18.5 Å². The number of aromatic nitrogens is 1. The van der Waals surface area contributed by atoms with Crippen molar-refractivity contribution in [2.45, 2.75) is 46.7 Å². The minimum absolute atomic E-state index is 0.506. The summed E-state index contributed by atoms with van der Waals surface area (Å²) < 4.78 is 0. The monoisotopic (exact) mass is 249 g/mol. The lowest BCUT2D eigenvalue weighted by molar-refractivity contribution is 0.577. The molecule has 0 atom stereocenters. The van der Waals surface area contributed by atoms with E-state index in [1.807, 2.05) is 12.4 Å². The highest BCUT2D eigenvalue weighted by atomic mass is 15.1. The van der Waals surface area contributed by atoms with Crippen LogP contribution >= 0.6 is 0 Å². The highest BCUT2D eigenvalue weighted by Gasteiger charge is 2.08. The average molecular weight is 249 g/mol. The van der Waals surface area contributed by atoms with Crippen molar-refractivity contribution in [3.8, 4) is 0 Å². The van der Waals surface area contributed by atoms with Crippen molar-refractivity contribution >= 4 is 5.69 Å². The lowest BCUT2D eigenvalue weighted by Gasteiger charge is -2.23. The molecule has 0 radical (unpaired) electrons. The largest absolute Gasteiger partial charge is 0.373 e. The number of pyridine rings is 1. The SMILES string of the molecule is CC(C)CCN(C)c1cnccc1CNC(C)C. The minimum Gasteiger partial charge on any atom is -0.373 e. The van der Waals surface area contributed by atoms with Crippen LogP contribution in [0, 0.1) is 5.92 Å². The molecular formula is C15H27N3. The molecular weight excluding hydrogens is 222 g/mol. The molecule has 0 spiro atoms. The molecule has 102 valence electrons. The molecule has 1 heterocycles. The maximum atomic E-state index is 4.25. The van der Waals surface area contributed by atoms with E-state index in [0.29, 0.717) is 6.04 Å². The lowest BCUT2D eigenvalue weighted by atomic mass is 10.1. The van der Waals surface area contributed by atoms with Crippen molar-refractivity contribution < 1.29 is 0 Å². The van der Waals surface area contributed by atoms with Crippen molar-refractivity contribution in [2.24, 2.45) is 5.92 Å². The molecule has 0 aromatic carbocycles. The highest BCUT2D eigenvalue weighted by Crippen LogP contribution is 2.18. The standard InChI is InChI=1S/C15H27N3/c1-12(2)7-9-18(5)15-11-16-8-6-14(15)10-17-13(3)4/h6,8,11-13,17H,7,9-10H2,1-5H3. The predicted molar refractivity (Wildman–Crippen MR) is 78.9 cm³/mol. The van der Waals surface area contributed by atoms with E-state index in [-0.39, 0.29) is 0 Å². The minimum atomic E-state index is 0.506. The van der Waals surface area contributed by atoms with Gasteiger partial charge in [0.05, 0.1) is 11.9 Å². The van der Waals surface area contributed by atoms with Gasteiger partial charge in [-0.15, -0.1) is 0 Å². The van der Waals surface area contributed by atoms with Crippen LogP contribution in [-0.4, -0.2) is 24.6 Å². The van der Waals surface area contributed by atoms with Crippen LogP contribution in [-0.2, 0) is 6.54 Å². The van der Waals surface area contributed by atoms with Gasteiger partial charge in [0.25, 0.3) is 0 Å². The van der Waals surface area contributed by atoms with E-state index in [0.717, 1.165) is 19.0 Å². The Bertz CT molecular complexity index is 347. The number of rotatable bonds is 7. The summed E-state index contributed by atoms with van der Waals surface area (Å²) in [6, 6.07) is 2.61. The summed E-state index contributed by atoms with van der Waals surface area (Å²) in [7, 11) is 2.15. The molecule has 0 aliphatic rings. The van der Waals surface area contributed by atoms with Gasteiger partial charge < -0.3 is 10.2 Å². The average Bonchev–Trinajstić information content (AvgIpc) is 2.33. The molecule has 0 aliphatic heterocycles. The zero-order chi connectivity index (χ0) is 13.5. The van der Waals surface area contributed by atoms with Crippen molar-refractivity contribution in [1.82, 2.24) is 10.3 Å². The smallest absolute Gasteiger partial charge is 0.0595 e. The van der Waals surface area contributed by atoms with Gasteiger partial charge in [-0.2, -0.15) is 0 Å². The molecule has 0 amide bonds. The van der Waals surface area contributed by atoms with Crippen LogP contribution in [0.5, 0.6) is 0 Å². The van der Waals surface area contributed by atoms with Gasteiger partial charge >= 0.3 is 0 Å². The molecule has 0 saturated heterocycles. The van der Waals surface area contributed by atoms with Crippen molar-refractivity contribution in [1.29, 1.82) is 0 Å². The third-order valence-corrected chi connectivity index (χ3v) is 3.04. The van der Waals surface area contributed by atoms with E-state index in [9.17, 15) is 0 Å². The summed E-state index contributed by atoms with van der Waals surface area (Å²) in [4.78, 5) is 6.56. The number of nitrogens with zero attached hydrogens (tertiary/aromatic N) is 2. The first-order valence-electron chi connectivity index (χ1n) is 6.88. The molecule has 18 heavy (non-hydrogen) atoms. The summed E-state index contributed by atoms with van der Waals surface area (Å²) in [5.74, 6) is 0.737. The Morgan fingerprint density at radius 3 is 2.61 bits per heavy atom. The predicted octanol–water partition coefficient (Wildman–Crippen LogP) is 3.06. The molecule has 1 aromatic heterocycles. The first kappa shape index (κ1) is 15.0. The Morgan fingerprint density at radius 2 is 2.00 bits per heavy atom. The van der Waals surface area contributed by atoms with E-state index in [1.54, 1.807) is 0 Å². The fourth-order valence-electron chi connectivity index (χ4n) is 1.79. The van der Waals surface area contributed by atoms with E-state index in [2.05, 4.69) is 56.0 Å². The molecule has 1 aromatic rings. The third kappa shape index (κ3) is 5.05. The van der Waals surface area contributed by atoms with E-state index >= 15 is 0 Å². The lowest BCUT2D eigenvalue weighted by Crippen LogP contribution is -2.25. The molecule has 3 nitrogen and oxygen atoms in total. The van der Waals surface area contributed by atoms with Crippen LogP contribution in [0.2, 0.25) is 0 Å². The second-order valence-corrected chi connectivity index (χ2v) is 5.64. The summed E-state index contributed by atoms with van der Waals surface area (Å²) in [5, 5.41) is 3.47. The zero-order valence-electron chi connectivity index (χ0n) is 12.4. The summed E-state index contributed by atoms with van der Waals surface area (Å²) in [6.45, 7) is 10.9. The molecule has 3 heteroatoms. The van der Waals surface area contributed by atoms with E-state index in [4.69, 9.17) is 0 Å².